The van der Waals surface area contributed by atoms with Gasteiger partial charge in [-0.05, 0) is 37.1 Å². The highest BCUT2D eigenvalue weighted by Crippen LogP contribution is 2.23. The van der Waals surface area contributed by atoms with Crippen molar-refractivity contribution >= 4 is 0 Å². The molecule has 3 nitrogen and oxygen atoms in total. The summed E-state index contributed by atoms with van der Waals surface area (Å²) in [6.45, 7) is 4.76. The van der Waals surface area contributed by atoms with Crippen LogP contribution in [0.5, 0.6) is 5.75 Å². The molecular formula is C14H20F3NO2. The van der Waals surface area contributed by atoms with Crippen LogP contribution in [-0.2, 0) is 11.3 Å². The minimum Gasteiger partial charge on any atom is -0.406 e. The number of halogens is 3. The van der Waals surface area contributed by atoms with Crippen molar-refractivity contribution in [2.45, 2.75) is 32.7 Å². The minimum absolute atomic E-state index is 0.192. The van der Waals surface area contributed by atoms with E-state index in [0.29, 0.717) is 13.2 Å². The molecule has 0 aliphatic rings. The fourth-order valence-electron chi connectivity index (χ4n) is 1.63. The molecule has 0 aliphatic carbocycles. The highest BCUT2D eigenvalue weighted by Gasteiger charge is 2.31. The van der Waals surface area contributed by atoms with Crippen LogP contribution in [0.25, 0.3) is 0 Å². The zero-order valence-corrected chi connectivity index (χ0v) is 11.5. The Bertz CT molecular complexity index is 383. The first kappa shape index (κ1) is 16.8. The molecule has 6 heteroatoms. The smallest absolute Gasteiger partial charge is 0.406 e. The first-order valence-electron chi connectivity index (χ1n) is 6.64. The fourth-order valence-corrected chi connectivity index (χ4v) is 1.63. The lowest BCUT2D eigenvalue weighted by atomic mass is 10.2. The van der Waals surface area contributed by atoms with Crippen molar-refractivity contribution < 1.29 is 22.6 Å². The van der Waals surface area contributed by atoms with Crippen LogP contribution in [0.2, 0.25) is 0 Å². The van der Waals surface area contributed by atoms with Crippen LogP contribution in [0, 0.1) is 0 Å². The Morgan fingerprint density at radius 3 is 2.70 bits per heavy atom. The molecule has 0 aromatic heterocycles. The first-order chi connectivity index (χ1) is 9.51. The molecule has 0 saturated heterocycles. The lowest BCUT2D eigenvalue weighted by molar-refractivity contribution is -0.274. The van der Waals surface area contributed by atoms with Gasteiger partial charge in [0.05, 0.1) is 0 Å². The molecule has 0 bridgehead atoms. The summed E-state index contributed by atoms with van der Waals surface area (Å²) in [7, 11) is 0. The summed E-state index contributed by atoms with van der Waals surface area (Å²) in [5, 5.41) is 3.15. The van der Waals surface area contributed by atoms with Gasteiger partial charge in [0.25, 0.3) is 0 Å². The molecule has 20 heavy (non-hydrogen) atoms. The van der Waals surface area contributed by atoms with Crippen molar-refractivity contribution in [2.75, 3.05) is 19.8 Å². The topological polar surface area (TPSA) is 30.5 Å². The standard InChI is InChI=1S/C14H20F3NO2/c1-2-8-19-9-4-7-18-11-12-5-3-6-13(10-12)20-14(15,16)17/h3,5-6,10,18H,2,4,7-9,11H2,1H3. The Kier molecular flexibility index (Phi) is 7.40. The van der Waals surface area contributed by atoms with Crippen molar-refractivity contribution in [2.24, 2.45) is 0 Å². The molecule has 0 spiro atoms. The van der Waals surface area contributed by atoms with Gasteiger partial charge in [0.15, 0.2) is 0 Å². The van der Waals surface area contributed by atoms with Crippen molar-refractivity contribution in [3.05, 3.63) is 29.8 Å². The van der Waals surface area contributed by atoms with Gasteiger partial charge in [-0.25, -0.2) is 0 Å². The van der Waals surface area contributed by atoms with Gasteiger partial charge in [0.1, 0.15) is 5.75 Å². The molecule has 0 amide bonds. The number of nitrogens with one attached hydrogen (secondary N) is 1. The summed E-state index contributed by atoms with van der Waals surface area (Å²) in [5.74, 6) is -0.192. The second-order valence-electron chi connectivity index (χ2n) is 4.34. The van der Waals surface area contributed by atoms with Gasteiger partial charge >= 0.3 is 6.36 Å². The zero-order chi connectivity index (χ0) is 14.8. The summed E-state index contributed by atoms with van der Waals surface area (Å²) in [4.78, 5) is 0. The maximum Gasteiger partial charge on any atom is 0.573 e. The van der Waals surface area contributed by atoms with Gasteiger partial charge in [0, 0.05) is 19.8 Å². The number of rotatable bonds is 9. The molecule has 0 atom stereocenters. The highest BCUT2D eigenvalue weighted by molar-refractivity contribution is 5.28. The molecule has 0 fully saturated rings. The van der Waals surface area contributed by atoms with E-state index in [9.17, 15) is 13.2 Å². The van der Waals surface area contributed by atoms with Crippen molar-refractivity contribution in [3.8, 4) is 5.75 Å². The Balaban J connectivity index is 2.25. The Morgan fingerprint density at radius 2 is 2.00 bits per heavy atom. The van der Waals surface area contributed by atoms with Crippen molar-refractivity contribution in [1.29, 1.82) is 0 Å². The second kappa shape index (κ2) is 8.81. The van der Waals surface area contributed by atoms with E-state index in [-0.39, 0.29) is 5.75 Å². The SMILES string of the molecule is CCCOCCCNCc1cccc(OC(F)(F)F)c1. The van der Waals surface area contributed by atoms with E-state index in [4.69, 9.17) is 4.74 Å². The molecule has 1 aromatic carbocycles. The predicted octanol–water partition coefficient (Wildman–Crippen LogP) is 3.49. The number of ether oxygens (including phenoxy) is 2. The van der Waals surface area contributed by atoms with Gasteiger partial charge in [-0.1, -0.05) is 19.1 Å². The van der Waals surface area contributed by atoms with E-state index in [1.807, 2.05) is 6.92 Å². The van der Waals surface area contributed by atoms with Crippen molar-refractivity contribution in [3.63, 3.8) is 0 Å². The lowest BCUT2D eigenvalue weighted by Gasteiger charge is -2.10. The van der Waals surface area contributed by atoms with Crippen LogP contribution >= 0.6 is 0 Å². The van der Waals surface area contributed by atoms with Gasteiger partial charge in [-0.15, -0.1) is 13.2 Å². The van der Waals surface area contributed by atoms with Crippen LogP contribution in [0.3, 0.4) is 0 Å². The lowest BCUT2D eigenvalue weighted by Crippen LogP contribution is -2.18. The van der Waals surface area contributed by atoms with Gasteiger partial charge < -0.3 is 14.8 Å². The number of hydrogen-bond acceptors (Lipinski definition) is 3. The fraction of sp³-hybridized carbons (Fsp3) is 0.571. The number of benzene rings is 1. The van der Waals surface area contributed by atoms with E-state index >= 15 is 0 Å². The summed E-state index contributed by atoms with van der Waals surface area (Å²) in [5.41, 5.74) is 0.751. The average molecular weight is 291 g/mol. The van der Waals surface area contributed by atoms with E-state index < -0.39 is 6.36 Å². The molecule has 0 heterocycles. The van der Waals surface area contributed by atoms with E-state index in [1.165, 1.54) is 12.1 Å². The molecule has 0 unspecified atom stereocenters. The van der Waals surface area contributed by atoms with Gasteiger partial charge in [0.2, 0.25) is 0 Å². The second-order valence-corrected chi connectivity index (χ2v) is 4.34. The summed E-state index contributed by atoms with van der Waals surface area (Å²) in [6, 6.07) is 5.97. The molecule has 0 saturated carbocycles. The molecule has 0 radical (unpaired) electrons. The van der Waals surface area contributed by atoms with Crippen LogP contribution in [0.1, 0.15) is 25.3 Å². The summed E-state index contributed by atoms with van der Waals surface area (Å²) >= 11 is 0. The summed E-state index contributed by atoms with van der Waals surface area (Å²) in [6.07, 6.45) is -2.78. The third kappa shape index (κ3) is 8.01. The zero-order valence-electron chi connectivity index (χ0n) is 11.5. The number of hydrogen-bond donors (Lipinski definition) is 1. The maximum absolute atomic E-state index is 12.1. The molecule has 1 aromatic rings. The normalized spacial score (nSPS) is 11.6. The summed E-state index contributed by atoms with van der Waals surface area (Å²) < 4.78 is 45.4. The molecule has 0 aliphatic heterocycles. The highest BCUT2D eigenvalue weighted by atomic mass is 19.4. The Hall–Kier alpha value is -1.27. The van der Waals surface area contributed by atoms with Gasteiger partial charge in [-0.2, -0.15) is 0 Å². The predicted molar refractivity (Wildman–Crippen MR) is 70.6 cm³/mol. The average Bonchev–Trinajstić information content (AvgIpc) is 2.36. The molecular weight excluding hydrogens is 271 g/mol. The molecule has 114 valence electrons. The van der Waals surface area contributed by atoms with Crippen LogP contribution in [0.4, 0.5) is 13.2 Å². The molecule has 1 rings (SSSR count). The van der Waals surface area contributed by atoms with Crippen LogP contribution in [-0.4, -0.2) is 26.1 Å². The third-order valence-electron chi connectivity index (χ3n) is 2.45. The minimum atomic E-state index is -4.65. The third-order valence-corrected chi connectivity index (χ3v) is 2.45. The van der Waals surface area contributed by atoms with Crippen molar-refractivity contribution in [1.82, 2.24) is 5.32 Å². The van der Waals surface area contributed by atoms with E-state index in [0.717, 1.165) is 31.6 Å². The molecule has 1 N–H and O–H groups in total. The van der Waals surface area contributed by atoms with Crippen LogP contribution in [0.15, 0.2) is 24.3 Å². The van der Waals surface area contributed by atoms with Gasteiger partial charge in [-0.3, -0.25) is 0 Å². The van der Waals surface area contributed by atoms with E-state index in [1.54, 1.807) is 12.1 Å². The first-order valence-corrected chi connectivity index (χ1v) is 6.64. The van der Waals surface area contributed by atoms with E-state index in [2.05, 4.69) is 10.1 Å². The monoisotopic (exact) mass is 291 g/mol. The number of alkyl halides is 3. The maximum atomic E-state index is 12.1. The Morgan fingerprint density at radius 1 is 1.20 bits per heavy atom. The van der Waals surface area contributed by atoms with Crippen LogP contribution < -0.4 is 10.1 Å². The quantitative estimate of drug-likeness (QED) is 0.706. The Labute approximate surface area is 117 Å². The largest absolute Gasteiger partial charge is 0.573 e.